The Morgan fingerprint density at radius 3 is 3.05 bits per heavy atom. The van der Waals surface area contributed by atoms with Gasteiger partial charge in [-0.2, -0.15) is 0 Å². The summed E-state index contributed by atoms with van der Waals surface area (Å²) in [4.78, 5) is 12.3. The van der Waals surface area contributed by atoms with E-state index in [0.29, 0.717) is 28.4 Å². The first-order valence-electron chi connectivity index (χ1n) is 6.87. The summed E-state index contributed by atoms with van der Waals surface area (Å²) in [5, 5.41) is 3.48. The van der Waals surface area contributed by atoms with Crippen molar-refractivity contribution in [1.82, 2.24) is 5.32 Å². The molecule has 1 aromatic carbocycles. The van der Waals surface area contributed by atoms with Gasteiger partial charge in [-0.05, 0) is 65.4 Å². The van der Waals surface area contributed by atoms with Crippen LogP contribution in [0.4, 0.5) is 4.39 Å². The lowest BCUT2D eigenvalue weighted by molar-refractivity contribution is 0.0962. The van der Waals surface area contributed by atoms with E-state index in [0.717, 1.165) is 12.5 Å². The topological polar surface area (TPSA) is 29.1 Å². The number of halogens is 2. The monoisotopic (exact) mass is 325 g/mol. The van der Waals surface area contributed by atoms with Crippen molar-refractivity contribution in [2.75, 3.05) is 6.54 Å². The first kappa shape index (κ1) is 13.3. The highest BCUT2D eigenvalue weighted by molar-refractivity contribution is 9.10. The molecule has 1 saturated heterocycles. The summed E-state index contributed by atoms with van der Waals surface area (Å²) in [5.74, 6) is 1.19. The Bertz CT molecular complexity index is 505. The smallest absolute Gasteiger partial charge is 0.165 e. The van der Waals surface area contributed by atoms with E-state index >= 15 is 0 Å². The second-order valence-electron chi connectivity index (χ2n) is 5.62. The second kappa shape index (κ2) is 5.33. The Balaban J connectivity index is 1.71. The van der Waals surface area contributed by atoms with Crippen LogP contribution >= 0.6 is 15.9 Å². The lowest BCUT2D eigenvalue weighted by Gasteiger charge is -2.17. The molecule has 1 aliphatic carbocycles. The van der Waals surface area contributed by atoms with E-state index in [1.54, 1.807) is 6.07 Å². The van der Waals surface area contributed by atoms with Crippen molar-refractivity contribution < 1.29 is 9.18 Å². The Labute approximate surface area is 120 Å². The van der Waals surface area contributed by atoms with E-state index < -0.39 is 0 Å². The zero-order valence-electron chi connectivity index (χ0n) is 10.7. The van der Waals surface area contributed by atoms with E-state index in [-0.39, 0.29) is 11.6 Å². The molecule has 0 amide bonds. The van der Waals surface area contributed by atoms with Gasteiger partial charge in [0.2, 0.25) is 0 Å². The summed E-state index contributed by atoms with van der Waals surface area (Å²) < 4.78 is 13.6. The number of hydrogen-bond donors (Lipinski definition) is 1. The quantitative estimate of drug-likeness (QED) is 0.861. The third-order valence-corrected chi connectivity index (χ3v) is 5.17. The van der Waals surface area contributed by atoms with Gasteiger partial charge in [0.25, 0.3) is 0 Å². The summed E-state index contributed by atoms with van der Waals surface area (Å²) in [6, 6.07) is 4.58. The van der Waals surface area contributed by atoms with E-state index in [2.05, 4.69) is 21.2 Å². The number of carbonyl (C=O) groups excluding carboxylic acids is 1. The highest BCUT2D eigenvalue weighted by Crippen LogP contribution is 2.39. The number of rotatable bonds is 3. The maximum Gasteiger partial charge on any atom is 0.165 e. The predicted molar refractivity (Wildman–Crippen MR) is 75.7 cm³/mol. The molecular formula is C15H17BrFNO. The van der Waals surface area contributed by atoms with Gasteiger partial charge in [-0.1, -0.05) is 6.42 Å². The standard InChI is InChI=1S/C15H17BrFNO/c16-13-6-10(17)4-5-12(13)15(19)7-14-11-3-1-2-9(11)8-18-14/h4-6,9,11,14,18H,1-3,7-8H2. The van der Waals surface area contributed by atoms with E-state index in [1.165, 1.54) is 31.4 Å². The minimum atomic E-state index is -0.321. The molecule has 102 valence electrons. The van der Waals surface area contributed by atoms with Crippen LogP contribution in [0.5, 0.6) is 0 Å². The van der Waals surface area contributed by atoms with Gasteiger partial charge in [0.1, 0.15) is 5.82 Å². The van der Waals surface area contributed by atoms with Crippen molar-refractivity contribution in [2.45, 2.75) is 31.7 Å². The Hall–Kier alpha value is -0.740. The Morgan fingerprint density at radius 1 is 1.42 bits per heavy atom. The molecule has 0 radical (unpaired) electrons. The molecule has 2 fully saturated rings. The molecule has 2 nitrogen and oxygen atoms in total. The van der Waals surface area contributed by atoms with Crippen LogP contribution in [0.15, 0.2) is 22.7 Å². The molecule has 3 rings (SSSR count). The molecule has 0 aromatic heterocycles. The van der Waals surface area contributed by atoms with Gasteiger partial charge in [0.05, 0.1) is 0 Å². The largest absolute Gasteiger partial charge is 0.313 e. The first-order valence-corrected chi connectivity index (χ1v) is 7.66. The van der Waals surface area contributed by atoms with Gasteiger partial charge in [-0.25, -0.2) is 4.39 Å². The van der Waals surface area contributed by atoms with E-state index in [1.807, 2.05) is 0 Å². The van der Waals surface area contributed by atoms with Crippen molar-refractivity contribution in [1.29, 1.82) is 0 Å². The maximum absolute atomic E-state index is 13.0. The van der Waals surface area contributed by atoms with Gasteiger partial charge in [0, 0.05) is 22.5 Å². The molecule has 1 N–H and O–H groups in total. The van der Waals surface area contributed by atoms with Crippen LogP contribution in [0, 0.1) is 17.7 Å². The highest BCUT2D eigenvalue weighted by Gasteiger charge is 2.39. The molecule has 19 heavy (non-hydrogen) atoms. The number of carbonyl (C=O) groups is 1. The van der Waals surface area contributed by atoms with Crippen LogP contribution in [0.3, 0.4) is 0 Å². The molecule has 4 heteroatoms. The van der Waals surface area contributed by atoms with Gasteiger partial charge >= 0.3 is 0 Å². The van der Waals surface area contributed by atoms with Crippen LogP contribution < -0.4 is 5.32 Å². The summed E-state index contributed by atoms with van der Waals surface area (Å²) >= 11 is 3.27. The molecule has 3 unspecified atom stereocenters. The van der Waals surface area contributed by atoms with Crippen molar-refractivity contribution in [2.24, 2.45) is 11.8 Å². The fraction of sp³-hybridized carbons (Fsp3) is 0.533. The number of fused-ring (bicyclic) bond motifs is 1. The average molecular weight is 326 g/mol. The summed E-state index contributed by atoms with van der Waals surface area (Å²) in [6.07, 6.45) is 4.34. The molecule has 1 saturated carbocycles. The fourth-order valence-electron chi connectivity index (χ4n) is 3.55. The second-order valence-corrected chi connectivity index (χ2v) is 6.48. The van der Waals surface area contributed by atoms with Crippen molar-refractivity contribution in [3.63, 3.8) is 0 Å². The zero-order chi connectivity index (χ0) is 13.4. The SMILES string of the molecule is O=C(CC1NCC2CCCC21)c1ccc(F)cc1Br. The normalized spacial score (nSPS) is 29.5. The minimum absolute atomic E-state index is 0.0944. The van der Waals surface area contributed by atoms with Crippen LogP contribution in [-0.4, -0.2) is 18.4 Å². The Morgan fingerprint density at radius 2 is 2.26 bits per heavy atom. The van der Waals surface area contributed by atoms with Gasteiger partial charge in [-0.3, -0.25) is 4.79 Å². The number of hydrogen-bond acceptors (Lipinski definition) is 2. The molecular weight excluding hydrogens is 309 g/mol. The molecule has 0 bridgehead atoms. The van der Waals surface area contributed by atoms with Crippen LogP contribution in [0.1, 0.15) is 36.0 Å². The minimum Gasteiger partial charge on any atom is -0.313 e. The molecule has 1 heterocycles. The number of benzene rings is 1. The molecule has 1 aromatic rings. The van der Waals surface area contributed by atoms with Crippen molar-refractivity contribution in [3.8, 4) is 0 Å². The average Bonchev–Trinajstić information content (AvgIpc) is 2.94. The lowest BCUT2D eigenvalue weighted by Crippen LogP contribution is -2.29. The number of nitrogens with one attached hydrogen (secondary N) is 1. The third kappa shape index (κ3) is 2.61. The van der Waals surface area contributed by atoms with Crippen LogP contribution in [0.2, 0.25) is 0 Å². The van der Waals surface area contributed by atoms with E-state index in [9.17, 15) is 9.18 Å². The highest BCUT2D eigenvalue weighted by atomic mass is 79.9. The molecule has 2 aliphatic rings. The fourth-order valence-corrected chi connectivity index (χ4v) is 4.12. The van der Waals surface area contributed by atoms with Crippen molar-refractivity contribution >= 4 is 21.7 Å². The number of Topliss-reactive ketones (excluding diaryl/α,β-unsaturated/α-hetero) is 1. The zero-order valence-corrected chi connectivity index (χ0v) is 12.2. The van der Waals surface area contributed by atoms with E-state index in [4.69, 9.17) is 0 Å². The molecule has 1 aliphatic heterocycles. The van der Waals surface area contributed by atoms with Crippen molar-refractivity contribution in [3.05, 3.63) is 34.1 Å². The first-order chi connectivity index (χ1) is 9.15. The lowest BCUT2D eigenvalue weighted by atomic mass is 9.90. The Kier molecular flexibility index (Phi) is 3.72. The van der Waals surface area contributed by atoms with Gasteiger partial charge < -0.3 is 5.32 Å². The molecule has 0 spiro atoms. The van der Waals surface area contributed by atoms with Crippen LogP contribution in [-0.2, 0) is 0 Å². The number of ketones is 1. The third-order valence-electron chi connectivity index (χ3n) is 4.51. The predicted octanol–water partition coefficient (Wildman–Crippen LogP) is 3.55. The van der Waals surface area contributed by atoms with Gasteiger partial charge in [-0.15, -0.1) is 0 Å². The van der Waals surface area contributed by atoms with Gasteiger partial charge in [0.15, 0.2) is 5.78 Å². The summed E-state index contributed by atoms with van der Waals surface area (Å²) in [7, 11) is 0. The van der Waals surface area contributed by atoms with Crippen LogP contribution in [0.25, 0.3) is 0 Å². The maximum atomic E-state index is 13.0. The molecule has 3 atom stereocenters. The summed E-state index contributed by atoms with van der Waals surface area (Å²) in [5.41, 5.74) is 0.588. The summed E-state index contributed by atoms with van der Waals surface area (Å²) in [6.45, 7) is 1.05.